The van der Waals surface area contributed by atoms with Crippen LogP contribution in [0.3, 0.4) is 0 Å². The average Bonchev–Trinajstić information content (AvgIpc) is 2.14. The second kappa shape index (κ2) is 5.14. The SMILES string of the molecule is CC(C)(C)[S@+]([O-])/N=C/C1CCOCC1. The van der Waals surface area contributed by atoms with Crippen molar-refractivity contribution in [2.24, 2.45) is 10.3 Å². The van der Waals surface area contributed by atoms with Gasteiger partial charge >= 0.3 is 0 Å². The molecule has 1 rings (SSSR count). The Balaban J connectivity index is 2.38. The first-order chi connectivity index (χ1) is 6.50. The molecule has 3 nitrogen and oxygen atoms in total. The molecule has 1 fully saturated rings. The van der Waals surface area contributed by atoms with E-state index < -0.39 is 11.4 Å². The fraction of sp³-hybridized carbons (Fsp3) is 0.900. The third-order valence-corrected chi connectivity index (χ3v) is 3.52. The predicted molar refractivity (Wildman–Crippen MR) is 59.9 cm³/mol. The minimum atomic E-state index is -1.11. The first kappa shape index (κ1) is 12.0. The highest BCUT2D eigenvalue weighted by Gasteiger charge is 2.26. The Labute approximate surface area is 89.3 Å². The molecular weight excluding hydrogens is 198 g/mol. The fourth-order valence-corrected chi connectivity index (χ4v) is 1.76. The van der Waals surface area contributed by atoms with Crippen LogP contribution in [0.15, 0.2) is 4.40 Å². The van der Waals surface area contributed by atoms with Gasteiger partial charge in [0, 0.05) is 19.1 Å². The summed E-state index contributed by atoms with van der Waals surface area (Å²) in [5.41, 5.74) is 0. The molecule has 0 N–H and O–H groups in total. The Morgan fingerprint density at radius 1 is 1.36 bits per heavy atom. The Morgan fingerprint density at radius 3 is 2.43 bits per heavy atom. The molecule has 1 aliphatic heterocycles. The van der Waals surface area contributed by atoms with Crippen LogP contribution in [0.4, 0.5) is 0 Å². The van der Waals surface area contributed by atoms with E-state index in [1.807, 2.05) is 27.0 Å². The lowest BCUT2D eigenvalue weighted by Crippen LogP contribution is -2.26. The number of nitrogens with zero attached hydrogens (tertiary/aromatic N) is 1. The van der Waals surface area contributed by atoms with E-state index >= 15 is 0 Å². The first-order valence-corrected chi connectivity index (χ1v) is 6.15. The molecule has 82 valence electrons. The Bertz CT molecular complexity index is 195. The van der Waals surface area contributed by atoms with E-state index in [1.54, 1.807) is 0 Å². The lowest BCUT2D eigenvalue weighted by molar-refractivity contribution is 0.0838. The van der Waals surface area contributed by atoms with Crippen molar-refractivity contribution in [1.29, 1.82) is 0 Å². The summed E-state index contributed by atoms with van der Waals surface area (Å²) in [6, 6.07) is 0. The summed E-state index contributed by atoms with van der Waals surface area (Å²) in [6.07, 6.45) is 3.86. The maximum Gasteiger partial charge on any atom is 0.144 e. The molecule has 0 radical (unpaired) electrons. The molecule has 0 amide bonds. The van der Waals surface area contributed by atoms with Gasteiger partial charge < -0.3 is 9.29 Å². The second-order valence-electron chi connectivity index (χ2n) is 4.57. The minimum absolute atomic E-state index is 0.248. The molecule has 0 bridgehead atoms. The molecule has 0 spiro atoms. The van der Waals surface area contributed by atoms with E-state index in [0.29, 0.717) is 5.92 Å². The van der Waals surface area contributed by atoms with Crippen LogP contribution in [-0.2, 0) is 16.1 Å². The van der Waals surface area contributed by atoms with Crippen molar-refractivity contribution in [3.05, 3.63) is 0 Å². The van der Waals surface area contributed by atoms with E-state index in [2.05, 4.69) is 4.40 Å². The van der Waals surface area contributed by atoms with Gasteiger partial charge in [-0.2, -0.15) is 0 Å². The third-order valence-electron chi connectivity index (χ3n) is 2.16. The normalized spacial score (nSPS) is 22.9. The quantitative estimate of drug-likeness (QED) is 0.524. The minimum Gasteiger partial charge on any atom is -0.591 e. The highest BCUT2D eigenvalue weighted by molar-refractivity contribution is 7.91. The van der Waals surface area contributed by atoms with E-state index in [9.17, 15) is 4.55 Å². The lowest BCUT2D eigenvalue weighted by atomic mass is 10.0. The molecule has 0 saturated carbocycles. The van der Waals surface area contributed by atoms with Gasteiger partial charge in [0.2, 0.25) is 0 Å². The highest BCUT2D eigenvalue weighted by atomic mass is 32.2. The highest BCUT2D eigenvalue weighted by Crippen LogP contribution is 2.18. The van der Waals surface area contributed by atoms with Crippen molar-refractivity contribution in [1.82, 2.24) is 0 Å². The summed E-state index contributed by atoms with van der Waals surface area (Å²) in [7, 11) is 0. The van der Waals surface area contributed by atoms with Crippen LogP contribution >= 0.6 is 0 Å². The molecule has 1 heterocycles. The van der Waals surface area contributed by atoms with Gasteiger partial charge in [0.05, 0.1) is 6.21 Å². The molecule has 1 atom stereocenters. The summed E-state index contributed by atoms with van der Waals surface area (Å²) < 4.78 is 20.7. The van der Waals surface area contributed by atoms with E-state index in [0.717, 1.165) is 26.1 Å². The van der Waals surface area contributed by atoms with Crippen molar-refractivity contribution in [2.75, 3.05) is 13.2 Å². The van der Waals surface area contributed by atoms with Gasteiger partial charge in [0.15, 0.2) is 0 Å². The largest absolute Gasteiger partial charge is 0.591 e. The molecule has 0 unspecified atom stereocenters. The average molecular weight is 217 g/mol. The van der Waals surface area contributed by atoms with Crippen LogP contribution in [0.1, 0.15) is 33.6 Å². The standard InChI is InChI=1S/C10H19NO2S/c1-10(2,3)14(12)11-8-9-4-6-13-7-5-9/h8-9H,4-7H2,1-3H3/b11-8+/t14-/m0/s1. The molecule has 0 aliphatic carbocycles. The van der Waals surface area contributed by atoms with Crippen molar-refractivity contribution in [3.8, 4) is 0 Å². The zero-order valence-corrected chi connectivity index (χ0v) is 9.97. The molecule has 1 saturated heterocycles. The zero-order valence-electron chi connectivity index (χ0n) is 9.16. The topological polar surface area (TPSA) is 44.7 Å². The van der Waals surface area contributed by atoms with Gasteiger partial charge in [-0.15, -0.1) is 0 Å². The molecule has 0 aromatic carbocycles. The van der Waals surface area contributed by atoms with Crippen molar-refractivity contribution >= 4 is 17.6 Å². The number of hydrogen-bond acceptors (Lipinski definition) is 3. The summed E-state index contributed by atoms with van der Waals surface area (Å²) in [4.78, 5) is 0. The van der Waals surface area contributed by atoms with Crippen LogP contribution in [0.25, 0.3) is 0 Å². The van der Waals surface area contributed by atoms with E-state index in [-0.39, 0.29) is 4.75 Å². The molecule has 4 heteroatoms. The maximum absolute atomic E-state index is 11.6. The van der Waals surface area contributed by atoms with Gasteiger partial charge in [-0.05, 0) is 33.6 Å². The second-order valence-corrected chi connectivity index (χ2v) is 6.50. The Morgan fingerprint density at radius 2 is 1.93 bits per heavy atom. The van der Waals surface area contributed by atoms with Crippen molar-refractivity contribution < 1.29 is 9.29 Å². The smallest absolute Gasteiger partial charge is 0.144 e. The van der Waals surface area contributed by atoms with Crippen LogP contribution in [0.5, 0.6) is 0 Å². The summed E-state index contributed by atoms with van der Waals surface area (Å²) in [5.74, 6) is 0.454. The van der Waals surface area contributed by atoms with Crippen molar-refractivity contribution in [2.45, 2.75) is 38.4 Å². The lowest BCUT2D eigenvalue weighted by Gasteiger charge is -2.20. The third kappa shape index (κ3) is 3.98. The van der Waals surface area contributed by atoms with Crippen molar-refractivity contribution in [3.63, 3.8) is 0 Å². The van der Waals surface area contributed by atoms with Crippen LogP contribution in [0, 0.1) is 5.92 Å². The molecule has 1 aliphatic rings. The van der Waals surface area contributed by atoms with Crippen LogP contribution < -0.4 is 0 Å². The number of hydrogen-bond donors (Lipinski definition) is 0. The molecule has 0 aromatic rings. The summed E-state index contributed by atoms with van der Waals surface area (Å²) >= 11 is -1.11. The molecule has 0 aromatic heterocycles. The fourth-order valence-electron chi connectivity index (χ4n) is 1.16. The first-order valence-electron chi connectivity index (χ1n) is 5.04. The van der Waals surface area contributed by atoms with Gasteiger partial charge in [-0.3, -0.25) is 0 Å². The van der Waals surface area contributed by atoms with Crippen LogP contribution in [0.2, 0.25) is 0 Å². The Hall–Kier alpha value is -0.0600. The number of rotatable bonds is 2. The van der Waals surface area contributed by atoms with E-state index in [4.69, 9.17) is 4.74 Å². The van der Waals surface area contributed by atoms with E-state index in [1.165, 1.54) is 0 Å². The summed E-state index contributed by atoms with van der Waals surface area (Å²) in [6.45, 7) is 7.41. The van der Waals surface area contributed by atoms with Gasteiger partial charge in [-0.25, -0.2) is 0 Å². The molecule has 14 heavy (non-hydrogen) atoms. The van der Waals surface area contributed by atoms with Gasteiger partial charge in [0.1, 0.15) is 16.1 Å². The maximum atomic E-state index is 11.6. The summed E-state index contributed by atoms with van der Waals surface area (Å²) in [5, 5.41) is 0. The predicted octanol–water partition coefficient (Wildman–Crippen LogP) is 1.95. The molecular formula is C10H19NO2S. The monoisotopic (exact) mass is 217 g/mol. The van der Waals surface area contributed by atoms with Gasteiger partial charge in [-0.1, -0.05) is 4.40 Å². The Kier molecular flexibility index (Phi) is 4.41. The van der Waals surface area contributed by atoms with Crippen LogP contribution in [-0.4, -0.2) is 28.7 Å². The zero-order chi connectivity index (χ0) is 10.6. The van der Waals surface area contributed by atoms with Gasteiger partial charge in [0.25, 0.3) is 0 Å². The number of ether oxygens (including phenoxy) is 1.